The van der Waals surface area contributed by atoms with Gasteiger partial charge in [0.15, 0.2) is 0 Å². The van der Waals surface area contributed by atoms with Gasteiger partial charge in [-0.05, 0) is 39.2 Å². The summed E-state index contributed by atoms with van der Waals surface area (Å²) in [6.45, 7) is 5.82. The van der Waals surface area contributed by atoms with Crippen LogP contribution in [-0.4, -0.2) is 33.6 Å². The van der Waals surface area contributed by atoms with E-state index in [4.69, 9.17) is 4.74 Å². The molecule has 1 fully saturated rings. The number of carbonyl (C=O) groups excluding carboxylic acids is 1. The zero-order chi connectivity index (χ0) is 16.3. The third-order valence-electron chi connectivity index (χ3n) is 3.62. The van der Waals surface area contributed by atoms with Crippen molar-refractivity contribution in [1.29, 1.82) is 0 Å². The van der Waals surface area contributed by atoms with Crippen molar-refractivity contribution in [3.8, 4) is 0 Å². The minimum absolute atomic E-state index is 0.105. The Kier molecular flexibility index (Phi) is 5.48. The lowest BCUT2D eigenvalue weighted by Gasteiger charge is -2.32. The maximum absolute atomic E-state index is 14.3. The third-order valence-corrected chi connectivity index (χ3v) is 4.37. The summed E-state index contributed by atoms with van der Waals surface area (Å²) in [6.07, 6.45) is -0.447. The molecule has 5 heteroatoms. The lowest BCUT2D eigenvalue weighted by molar-refractivity contribution is 0.00719. The van der Waals surface area contributed by atoms with Gasteiger partial charge in [-0.2, -0.15) is 0 Å². The fraction of sp³-hybridized carbons (Fsp3) is 0.588. The Morgan fingerprint density at radius 3 is 2.45 bits per heavy atom. The quantitative estimate of drug-likeness (QED) is 0.721. The molecule has 0 spiro atoms. The van der Waals surface area contributed by atoms with Gasteiger partial charge < -0.3 is 4.74 Å². The highest BCUT2D eigenvalue weighted by atomic mass is 79.9. The van der Waals surface area contributed by atoms with Gasteiger partial charge >= 0.3 is 6.09 Å². The van der Waals surface area contributed by atoms with Gasteiger partial charge in [0.05, 0.1) is 6.04 Å². The van der Waals surface area contributed by atoms with Gasteiger partial charge in [-0.3, -0.25) is 4.90 Å². The minimum Gasteiger partial charge on any atom is -0.444 e. The molecule has 22 heavy (non-hydrogen) atoms. The van der Waals surface area contributed by atoms with Crippen LogP contribution in [0.25, 0.3) is 0 Å². The summed E-state index contributed by atoms with van der Waals surface area (Å²) >= 11 is 3.46. The van der Waals surface area contributed by atoms with Crippen LogP contribution in [0.4, 0.5) is 9.18 Å². The molecule has 0 aromatic heterocycles. The lowest BCUT2D eigenvalue weighted by Crippen LogP contribution is -2.45. The highest BCUT2D eigenvalue weighted by molar-refractivity contribution is 9.09. The van der Waals surface area contributed by atoms with Crippen molar-refractivity contribution < 1.29 is 13.9 Å². The van der Waals surface area contributed by atoms with E-state index in [-0.39, 0.29) is 4.83 Å². The Morgan fingerprint density at radius 1 is 1.32 bits per heavy atom. The topological polar surface area (TPSA) is 29.5 Å². The number of carbonyl (C=O) groups is 1. The van der Waals surface area contributed by atoms with Crippen LogP contribution in [0.1, 0.15) is 39.2 Å². The van der Waals surface area contributed by atoms with Crippen LogP contribution in [0, 0.1) is 0 Å². The largest absolute Gasteiger partial charge is 0.444 e. The average molecular weight is 372 g/mol. The number of amides is 1. The summed E-state index contributed by atoms with van der Waals surface area (Å²) in [6, 6.07) is 9.17. The molecule has 1 aromatic carbocycles. The van der Waals surface area contributed by atoms with Crippen LogP contribution in [0.3, 0.4) is 0 Å². The summed E-state index contributed by atoms with van der Waals surface area (Å²) in [7, 11) is 0. The molecule has 2 rings (SSSR count). The standard InChI is InChI=1S/C17H23BrFNO2/c1-17(2,3)22-16(21)20(11-12-7-5-4-6-8-12)15-10-13(18)9-14(15)19/h4-8,13-15H,9-11H2,1-3H3. The van der Waals surface area contributed by atoms with Crippen molar-refractivity contribution in [2.75, 3.05) is 0 Å². The first-order valence-electron chi connectivity index (χ1n) is 7.58. The fourth-order valence-corrected chi connectivity index (χ4v) is 3.39. The monoisotopic (exact) mass is 371 g/mol. The van der Waals surface area contributed by atoms with Crippen LogP contribution in [0.5, 0.6) is 0 Å². The molecular formula is C17H23BrFNO2. The number of benzene rings is 1. The maximum atomic E-state index is 14.3. The van der Waals surface area contributed by atoms with E-state index in [0.29, 0.717) is 19.4 Å². The zero-order valence-corrected chi connectivity index (χ0v) is 14.8. The molecule has 3 nitrogen and oxygen atoms in total. The van der Waals surface area contributed by atoms with Crippen LogP contribution >= 0.6 is 15.9 Å². The molecule has 0 heterocycles. The van der Waals surface area contributed by atoms with Crippen LogP contribution in [-0.2, 0) is 11.3 Å². The summed E-state index contributed by atoms with van der Waals surface area (Å²) in [4.78, 5) is 14.2. The predicted octanol–water partition coefficient (Wildman–Crippen LogP) is 4.69. The molecule has 1 aliphatic carbocycles. The number of nitrogens with zero attached hydrogens (tertiary/aromatic N) is 1. The van der Waals surface area contributed by atoms with Crippen LogP contribution in [0.15, 0.2) is 30.3 Å². The minimum atomic E-state index is -1.03. The average Bonchev–Trinajstić information content (AvgIpc) is 2.74. The molecule has 0 aliphatic heterocycles. The zero-order valence-electron chi connectivity index (χ0n) is 13.3. The van der Waals surface area contributed by atoms with E-state index in [2.05, 4.69) is 15.9 Å². The Bertz CT molecular complexity index is 503. The van der Waals surface area contributed by atoms with Crippen molar-refractivity contribution in [1.82, 2.24) is 4.90 Å². The molecule has 1 aromatic rings. The summed E-state index contributed by atoms with van der Waals surface area (Å²) < 4.78 is 19.8. The van der Waals surface area contributed by atoms with E-state index >= 15 is 0 Å². The molecular weight excluding hydrogens is 349 g/mol. The second-order valence-electron chi connectivity index (χ2n) is 6.75. The molecule has 1 amide bonds. The number of hydrogen-bond acceptors (Lipinski definition) is 2. The third kappa shape index (κ3) is 4.70. The summed E-state index contributed by atoms with van der Waals surface area (Å²) in [5.41, 5.74) is 0.378. The molecule has 0 bridgehead atoms. The van der Waals surface area contributed by atoms with Crippen molar-refractivity contribution in [2.24, 2.45) is 0 Å². The second-order valence-corrected chi connectivity index (χ2v) is 8.04. The Morgan fingerprint density at radius 2 is 1.95 bits per heavy atom. The van der Waals surface area contributed by atoms with Crippen LogP contribution < -0.4 is 0 Å². The van der Waals surface area contributed by atoms with Gasteiger partial charge in [-0.25, -0.2) is 9.18 Å². The fourth-order valence-electron chi connectivity index (χ4n) is 2.65. The van der Waals surface area contributed by atoms with E-state index in [9.17, 15) is 9.18 Å². The number of halogens is 2. The van der Waals surface area contributed by atoms with Gasteiger partial charge in [0.25, 0.3) is 0 Å². The Balaban J connectivity index is 2.18. The number of alkyl halides is 2. The van der Waals surface area contributed by atoms with E-state index in [1.165, 1.54) is 4.90 Å². The van der Waals surface area contributed by atoms with Crippen molar-refractivity contribution in [3.63, 3.8) is 0 Å². The number of ether oxygens (including phenoxy) is 1. The van der Waals surface area contributed by atoms with Gasteiger partial charge in [-0.15, -0.1) is 0 Å². The van der Waals surface area contributed by atoms with Gasteiger partial charge in [-0.1, -0.05) is 46.3 Å². The molecule has 0 radical (unpaired) electrons. The molecule has 122 valence electrons. The predicted molar refractivity (Wildman–Crippen MR) is 88.9 cm³/mol. The number of rotatable bonds is 3. The van der Waals surface area contributed by atoms with E-state index in [1.807, 2.05) is 51.1 Å². The molecule has 1 saturated carbocycles. The SMILES string of the molecule is CC(C)(C)OC(=O)N(Cc1ccccc1)C1CC(Br)CC1F. The van der Waals surface area contributed by atoms with Crippen molar-refractivity contribution >= 4 is 22.0 Å². The van der Waals surface area contributed by atoms with E-state index in [0.717, 1.165) is 5.56 Å². The first-order valence-corrected chi connectivity index (χ1v) is 8.49. The Labute approximate surface area is 140 Å². The number of hydrogen-bond donors (Lipinski definition) is 0. The van der Waals surface area contributed by atoms with Crippen LogP contribution in [0.2, 0.25) is 0 Å². The molecule has 3 unspecified atom stereocenters. The maximum Gasteiger partial charge on any atom is 0.410 e. The first kappa shape index (κ1) is 17.3. The molecule has 0 saturated heterocycles. The Hall–Kier alpha value is -1.10. The highest BCUT2D eigenvalue weighted by Crippen LogP contribution is 2.33. The van der Waals surface area contributed by atoms with E-state index in [1.54, 1.807) is 0 Å². The van der Waals surface area contributed by atoms with Crippen molar-refractivity contribution in [3.05, 3.63) is 35.9 Å². The molecule has 1 aliphatic rings. The van der Waals surface area contributed by atoms with Crippen molar-refractivity contribution in [2.45, 2.75) is 62.8 Å². The molecule has 0 N–H and O–H groups in total. The summed E-state index contributed by atoms with van der Waals surface area (Å²) in [5, 5.41) is 0. The molecule has 3 atom stereocenters. The smallest absolute Gasteiger partial charge is 0.410 e. The van der Waals surface area contributed by atoms with Gasteiger partial charge in [0.1, 0.15) is 11.8 Å². The first-order chi connectivity index (χ1) is 10.3. The second kappa shape index (κ2) is 6.99. The van der Waals surface area contributed by atoms with Gasteiger partial charge in [0, 0.05) is 11.4 Å². The lowest BCUT2D eigenvalue weighted by atomic mass is 10.1. The summed E-state index contributed by atoms with van der Waals surface area (Å²) in [5.74, 6) is 0. The van der Waals surface area contributed by atoms with Gasteiger partial charge in [0.2, 0.25) is 0 Å². The normalized spacial score (nSPS) is 25.0. The highest BCUT2D eigenvalue weighted by Gasteiger charge is 2.40. The van der Waals surface area contributed by atoms with E-state index < -0.39 is 23.9 Å².